The van der Waals surface area contributed by atoms with Gasteiger partial charge < -0.3 is 14.8 Å². The second kappa shape index (κ2) is 9.38. The Morgan fingerprint density at radius 3 is 2.74 bits per heavy atom. The molecule has 1 fully saturated rings. The lowest BCUT2D eigenvalue weighted by Crippen LogP contribution is -2.40. The van der Waals surface area contributed by atoms with E-state index in [0.29, 0.717) is 24.0 Å². The summed E-state index contributed by atoms with van der Waals surface area (Å²) in [5.41, 5.74) is 1.15. The lowest BCUT2D eigenvalue weighted by molar-refractivity contribution is 0.0730. The Morgan fingerprint density at radius 1 is 1.23 bits per heavy atom. The highest BCUT2D eigenvalue weighted by atomic mass is 35.5. The summed E-state index contributed by atoms with van der Waals surface area (Å²) in [5.74, 6) is 0.788. The van der Waals surface area contributed by atoms with E-state index in [-0.39, 0.29) is 29.6 Å². The Kier molecular flexibility index (Phi) is 6.78. The summed E-state index contributed by atoms with van der Waals surface area (Å²) in [6.07, 6.45) is 0.748. The van der Waals surface area contributed by atoms with Gasteiger partial charge in [0.25, 0.3) is 5.91 Å². The third-order valence-electron chi connectivity index (χ3n) is 5.34. The number of nitrogens with zero attached hydrogens (tertiary/aromatic N) is 1. The molecular weight excluding hydrogens is 460 g/mol. The third kappa shape index (κ3) is 4.70. The molecule has 0 unspecified atom stereocenters. The van der Waals surface area contributed by atoms with Gasteiger partial charge in [0.2, 0.25) is 10.0 Å². The molecule has 1 N–H and O–H groups in total. The SMILES string of the molecule is COc1ccc(S(=O)(=O)N2CCOCC2)cc1C(=O)N[C@H]1CCSc2ccc(Cl)cc21. The molecule has 2 aliphatic heterocycles. The fourth-order valence-electron chi connectivity index (χ4n) is 3.71. The van der Waals surface area contributed by atoms with Crippen LogP contribution in [0.4, 0.5) is 0 Å². The fourth-order valence-corrected chi connectivity index (χ4v) is 6.43. The molecule has 0 bridgehead atoms. The number of halogens is 1. The molecule has 4 rings (SSSR count). The standard InChI is InChI=1S/C21H23ClN2O5S2/c1-28-19-4-3-15(31(26,27)24-7-9-29-10-8-24)13-17(19)21(25)23-18-6-11-30-20-5-2-14(22)12-16(18)20/h2-5,12-13,18H,6-11H2,1H3,(H,23,25)/t18-/m0/s1. The van der Waals surface area contributed by atoms with Gasteiger partial charge in [-0.1, -0.05) is 11.6 Å². The molecule has 10 heteroatoms. The predicted octanol–water partition coefficient (Wildman–Crippen LogP) is 3.34. The summed E-state index contributed by atoms with van der Waals surface area (Å²) in [6, 6.07) is 9.81. The quantitative estimate of drug-likeness (QED) is 0.703. The van der Waals surface area contributed by atoms with Crippen LogP contribution >= 0.6 is 23.4 Å². The zero-order chi connectivity index (χ0) is 22.0. The highest BCUT2D eigenvalue weighted by Gasteiger charge is 2.29. The number of carbonyl (C=O) groups excluding carboxylic acids is 1. The maximum atomic E-state index is 13.2. The molecule has 0 spiro atoms. The van der Waals surface area contributed by atoms with Crippen molar-refractivity contribution in [3.05, 3.63) is 52.5 Å². The monoisotopic (exact) mass is 482 g/mol. The normalized spacial score (nSPS) is 19.5. The first-order valence-corrected chi connectivity index (χ1v) is 12.7. The van der Waals surface area contributed by atoms with Crippen LogP contribution in [-0.2, 0) is 14.8 Å². The number of benzene rings is 2. The molecule has 31 heavy (non-hydrogen) atoms. The van der Waals surface area contributed by atoms with Crippen LogP contribution in [0.25, 0.3) is 0 Å². The van der Waals surface area contributed by atoms with Crippen LogP contribution in [0, 0.1) is 0 Å². The average Bonchev–Trinajstić information content (AvgIpc) is 2.79. The van der Waals surface area contributed by atoms with Gasteiger partial charge in [-0.15, -0.1) is 11.8 Å². The molecule has 7 nitrogen and oxygen atoms in total. The largest absolute Gasteiger partial charge is 0.496 e. The number of rotatable bonds is 5. The number of thioether (sulfide) groups is 1. The first-order valence-electron chi connectivity index (χ1n) is 9.89. The smallest absolute Gasteiger partial charge is 0.255 e. The van der Waals surface area contributed by atoms with Crippen molar-refractivity contribution < 1.29 is 22.7 Å². The first-order chi connectivity index (χ1) is 14.9. The molecule has 0 radical (unpaired) electrons. The second-order valence-corrected chi connectivity index (χ2v) is 10.7. The van der Waals surface area contributed by atoms with Gasteiger partial charge in [0.05, 0.1) is 36.8 Å². The van der Waals surface area contributed by atoms with E-state index in [2.05, 4.69) is 5.32 Å². The Hall–Kier alpha value is -1.78. The number of hydrogen-bond acceptors (Lipinski definition) is 6. The van der Waals surface area contributed by atoms with E-state index in [1.54, 1.807) is 11.8 Å². The maximum absolute atomic E-state index is 13.2. The van der Waals surface area contributed by atoms with Crippen LogP contribution in [-0.4, -0.2) is 57.8 Å². The molecular formula is C21H23ClN2O5S2. The van der Waals surface area contributed by atoms with Crippen LogP contribution in [0.2, 0.25) is 5.02 Å². The highest BCUT2D eigenvalue weighted by Crippen LogP contribution is 2.38. The van der Waals surface area contributed by atoms with Crippen molar-refractivity contribution in [1.82, 2.24) is 9.62 Å². The van der Waals surface area contributed by atoms with E-state index < -0.39 is 15.9 Å². The minimum atomic E-state index is -3.73. The van der Waals surface area contributed by atoms with Crippen LogP contribution in [0.1, 0.15) is 28.4 Å². The minimum Gasteiger partial charge on any atom is -0.496 e. The van der Waals surface area contributed by atoms with Crippen molar-refractivity contribution in [2.24, 2.45) is 0 Å². The number of fused-ring (bicyclic) bond motifs is 1. The van der Waals surface area contributed by atoms with E-state index in [1.165, 1.54) is 29.6 Å². The molecule has 1 saturated heterocycles. The Labute approximate surface area is 191 Å². The number of morpholine rings is 1. The van der Waals surface area contributed by atoms with Gasteiger partial charge in [0, 0.05) is 28.8 Å². The number of ether oxygens (including phenoxy) is 2. The third-order valence-corrected chi connectivity index (χ3v) is 8.59. The van der Waals surface area contributed by atoms with Crippen molar-refractivity contribution in [3.63, 3.8) is 0 Å². The van der Waals surface area contributed by atoms with Crippen molar-refractivity contribution in [1.29, 1.82) is 0 Å². The number of nitrogens with one attached hydrogen (secondary N) is 1. The summed E-state index contributed by atoms with van der Waals surface area (Å²) in [4.78, 5) is 14.3. The van der Waals surface area contributed by atoms with Crippen molar-refractivity contribution in [3.8, 4) is 5.75 Å². The van der Waals surface area contributed by atoms with Gasteiger partial charge in [0.1, 0.15) is 5.75 Å². The lowest BCUT2D eigenvalue weighted by Gasteiger charge is -2.27. The van der Waals surface area contributed by atoms with E-state index >= 15 is 0 Å². The number of methoxy groups -OCH3 is 1. The number of sulfonamides is 1. The van der Waals surface area contributed by atoms with E-state index in [4.69, 9.17) is 21.1 Å². The predicted molar refractivity (Wildman–Crippen MR) is 120 cm³/mol. The van der Waals surface area contributed by atoms with Gasteiger partial charge in [-0.05, 0) is 48.4 Å². The average molecular weight is 483 g/mol. The Morgan fingerprint density at radius 2 is 2.00 bits per heavy atom. The second-order valence-electron chi connectivity index (χ2n) is 7.22. The molecule has 2 aliphatic rings. The number of amides is 1. The maximum Gasteiger partial charge on any atom is 0.255 e. The van der Waals surface area contributed by atoms with E-state index in [9.17, 15) is 13.2 Å². The topological polar surface area (TPSA) is 84.9 Å². The van der Waals surface area contributed by atoms with Gasteiger partial charge in [0.15, 0.2) is 0 Å². The Balaban J connectivity index is 1.63. The summed E-state index contributed by atoms with van der Waals surface area (Å²) < 4.78 is 38.0. The molecule has 0 aromatic heterocycles. The zero-order valence-electron chi connectivity index (χ0n) is 17.0. The molecule has 1 atom stereocenters. The molecule has 0 aliphatic carbocycles. The number of hydrogen-bond donors (Lipinski definition) is 1. The van der Waals surface area contributed by atoms with Crippen LogP contribution in [0.5, 0.6) is 5.75 Å². The minimum absolute atomic E-state index is 0.0583. The van der Waals surface area contributed by atoms with Gasteiger partial charge in [-0.25, -0.2) is 8.42 Å². The first kappa shape index (κ1) is 22.4. The van der Waals surface area contributed by atoms with E-state index in [1.807, 2.05) is 18.2 Å². The number of carbonyl (C=O) groups is 1. The summed E-state index contributed by atoms with van der Waals surface area (Å²) in [5, 5.41) is 3.64. The van der Waals surface area contributed by atoms with Crippen LogP contribution < -0.4 is 10.1 Å². The molecule has 2 heterocycles. The molecule has 2 aromatic rings. The molecule has 2 aromatic carbocycles. The molecule has 1 amide bonds. The van der Waals surface area contributed by atoms with Gasteiger partial charge in [-0.3, -0.25) is 4.79 Å². The Bertz CT molecular complexity index is 1090. The fraction of sp³-hybridized carbons (Fsp3) is 0.381. The van der Waals surface area contributed by atoms with Crippen LogP contribution in [0.15, 0.2) is 46.2 Å². The molecule has 0 saturated carbocycles. The van der Waals surface area contributed by atoms with Gasteiger partial charge in [-0.2, -0.15) is 4.31 Å². The lowest BCUT2D eigenvalue weighted by atomic mass is 10.0. The van der Waals surface area contributed by atoms with Crippen molar-refractivity contribution in [2.45, 2.75) is 22.3 Å². The van der Waals surface area contributed by atoms with Gasteiger partial charge >= 0.3 is 0 Å². The van der Waals surface area contributed by atoms with Crippen molar-refractivity contribution in [2.75, 3.05) is 39.2 Å². The summed E-state index contributed by atoms with van der Waals surface area (Å²) >= 11 is 7.89. The summed E-state index contributed by atoms with van der Waals surface area (Å²) in [7, 11) is -2.28. The van der Waals surface area contributed by atoms with Crippen molar-refractivity contribution >= 4 is 39.3 Å². The highest BCUT2D eigenvalue weighted by molar-refractivity contribution is 7.99. The molecule has 166 valence electrons. The van der Waals surface area contributed by atoms with E-state index in [0.717, 1.165) is 22.6 Å². The van der Waals surface area contributed by atoms with Crippen LogP contribution in [0.3, 0.4) is 0 Å². The zero-order valence-corrected chi connectivity index (χ0v) is 19.4. The summed E-state index contributed by atoms with van der Waals surface area (Å²) in [6.45, 7) is 1.27.